The predicted molar refractivity (Wildman–Crippen MR) is 61.9 cm³/mol. The van der Waals surface area contributed by atoms with E-state index in [1.54, 1.807) is 0 Å². The molecule has 0 aliphatic heterocycles. The molecule has 98 valence electrons. The molecule has 0 amide bonds. The Morgan fingerprint density at radius 3 is 2.63 bits per heavy atom. The molecule has 0 aliphatic rings. The lowest BCUT2D eigenvalue weighted by Gasteiger charge is -2.06. The Morgan fingerprint density at radius 1 is 1.26 bits per heavy atom. The molecule has 2 rings (SSSR count). The van der Waals surface area contributed by atoms with Gasteiger partial charge in [-0.15, -0.1) is 0 Å². The molecule has 0 atom stereocenters. The van der Waals surface area contributed by atoms with Crippen LogP contribution in [-0.2, 0) is 6.61 Å². The second-order valence-electron chi connectivity index (χ2n) is 3.71. The van der Waals surface area contributed by atoms with Gasteiger partial charge in [0, 0.05) is 12.3 Å². The third kappa shape index (κ3) is 3.25. The van der Waals surface area contributed by atoms with E-state index in [0.717, 1.165) is 12.1 Å². The van der Waals surface area contributed by atoms with Crippen molar-refractivity contribution in [1.82, 2.24) is 4.98 Å². The number of nitrogens with zero attached hydrogens (tertiary/aromatic N) is 1. The van der Waals surface area contributed by atoms with Crippen molar-refractivity contribution in [1.29, 1.82) is 0 Å². The van der Waals surface area contributed by atoms with E-state index in [1.165, 1.54) is 24.4 Å². The number of halogens is 2. The van der Waals surface area contributed by atoms with E-state index in [0.29, 0.717) is 5.69 Å². The number of aromatic nitrogens is 1. The Bertz CT molecular complexity index is 599. The van der Waals surface area contributed by atoms with Gasteiger partial charge in [-0.2, -0.15) is 0 Å². The Balaban J connectivity index is 2.04. The van der Waals surface area contributed by atoms with Gasteiger partial charge in [-0.3, -0.25) is 4.98 Å². The maximum atomic E-state index is 13.3. The Hall–Kier alpha value is -2.50. The van der Waals surface area contributed by atoms with Crippen molar-refractivity contribution in [3.8, 4) is 5.75 Å². The normalized spacial score (nSPS) is 10.2. The number of ether oxygens (including phenoxy) is 1. The third-order valence-corrected chi connectivity index (χ3v) is 2.34. The van der Waals surface area contributed by atoms with Gasteiger partial charge in [0.15, 0.2) is 11.6 Å². The number of carboxylic acids is 1. The van der Waals surface area contributed by atoms with E-state index in [4.69, 9.17) is 9.84 Å². The van der Waals surface area contributed by atoms with Crippen LogP contribution in [0, 0.1) is 11.6 Å². The maximum absolute atomic E-state index is 13.3. The fourth-order valence-electron chi connectivity index (χ4n) is 1.38. The van der Waals surface area contributed by atoms with E-state index in [-0.39, 0.29) is 17.9 Å². The first-order valence-corrected chi connectivity index (χ1v) is 5.32. The molecular formula is C13H9F2NO3. The summed E-state index contributed by atoms with van der Waals surface area (Å²) in [5.41, 5.74) is 0.491. The number of carboxylic acid groups (broad SMARTS) is 1. The van der Waals surface area contributed by atoms with Crippen LogP contribution in [0.5, 0.6) is 5.75 Å². The minimum atomic E-state index is -1.08. The van der Waals surface area contributed by atoms with Crippen LogP contribution in [0.2, 0.25) is 0 Å². The molecule has 0 aliphatic carbocycles. The van der Waals surface area contributed by atoms with Gasteiger partial charge in [-0.25, -0.2) is 13.6 Å². The summed E-state index contributed by atoms with van der Waals surface area (Å²) in [6.45, 7) is -0.0392. The molecule has 19 heavy (non-hydrogen) atoms. The third-order valence-electron chi connectivity index (χ3n) is 2.34. The molecule has 4 nitrogen and oxygen atoms in total. The van der Waals surface area contributed by atoms with Gasteiger partial charge in [-0.05, 0) is 24.3 Å². The average Bonchev–Trinajstić information content (AvgIpc) is 2.38. The Morgan fingerprint density at radius 2 is 2.05 bits per heavy atom. The van der Waals surface area contributed by atoms with Crippen LogP contribution in [0.1, 0.15) is 16.1 Å². The lowest BCUT2D eigenvalue weighted by atomic mass is 10.2. The van der Waals surface area contributed by atoms with Crippen molar-refractivity contribution >= 4 is 5.97 Å². The molecule has 0 unspecified atom stereocenters. The molecule has 2 aromatic rings. The molecular weight excluding hydrogens is 256 g/mol. The van der Waals surface area contributed by atoms with Gasteiger partial charge in [0.1, 0.15) is 12.4 Å². The first kappa shape index (κ1) is 12.9. The molecule has 0 spiro atoms. The van der Waals surface area contributed by atoms with Gasteiger partial charge in [0.2, 0.25) is 0 Å². The SMILES string of the molecule is O=C(O)c1ccc(COc2ccc(F)cc2F)nc1. The second kappa shape index (κ2) is 5.43. The molecule has 0 radical (unpaired) electrons. The molecule has 6 heteroatoms. The molecule has 1 heterocycles. The van der Waals surface area contributed by atoms with E-state index < -0.39 is 17.6 Å². The van der Waals surface area contributed by atoms with Crippen molar-refractivity contribution in [3.05, 3.63) is 59.4 Å². The molecule has 1 N–H and O–H groups in total. The summed E-state index contributed by atoms with van der Waals surface area (Å²) in [6.07, 6.45) is 1.18. The van der Waals surface area contributed by atoms with Gasteiger partial charge in [0.05, 0.1) is 11.3 Å². The zero-order chi connectivity index (χ0) is 13.8. The maximum Gasteiger partial charge on any atom is 0.337 e. The number of hydrogen-bond acceptors (Lipinski definition) is 3. The molecule has 1 aromatic heterocycles. The summed E-state index contributed by atoms with van der Waals surface area (Å²) in [6, 6.07) is 5.81. The van der Waals surface area contributed by atoms with Crippen LogP contribution >= 0.6 is 0 Å². The number of benzene rings is 1. The highest BCUT2D eigenvalue weighted by Gasteiger charge is 2.07. The highest BCUT2D eigenvalue weighted by molar-refractivity contribution is 5.87. The quantitative estimate of drug-likeness (QED) is 0.923. The highest BCUT2D eigenvalue weighted by atomic mass is 19.1. The number of pyridine rings is 1. The van der Waals surface area contributed by atoms with E-state index >= 15 is 0 Å². The number of rotatable bonds is 4. The van der Waals surface area contributed by atoms with Crippen LogP contribution in [0.3, 0.4) is 0 Å². The molecule has 1 aromatic carbocycles. The average molecular weight is 265 g/mol. The molecule has 0 saturated heterocycles. The zero-order valence-electron chi connectivity index (χ0n) is 9.64. The topological polar surface area (TPSA) is 59.4 Å². The van der Waals surface area contributed by atoms with Gasteiger partial charge < -0.3 is 9.84 Å². The predicted octanol–water partition coefficient (Wildman–Crippen LogP) is 2.64. The standard InChI is InChI=1S/C13H9F2NO3/c14-9-2-4-12(11(15)5-9)19-7-10-3-1-8(6-16-10)13(17)18/h1-6H,7H2,(H,17,18). The Labute approximate surface area is 107 Å². The van der Waals surface area contributed by atoms with Crippen LogP contribution in [-0.4, -0.2) is 16.1 Å². The smallest absolute Gasteiger partial charge is 0.337 e. The minimum Gasteiger partial charge on any atom is -0.484 e. The van der Waals surface area contributed by atoms with Crippen LogP contribution in [0.15, 0.2) is 36.5 Å². The summed E-state index contributed by atoms with van der Waals surface area (Å²) >= 11 is 0. The fraction of sp³-hybridized carbons (Fsp3) is 0.0769. The lowest BCUT2D eigenvalue weighted by molar-refractivity contribution is 0.0696. The first-order chi connectivity index (χ1) is 9.06. The van der Waals surface area contributed by atoms with Crippen LogP contribution in [0.4, 0.5) is 8.78 Å². The lowest BCUT2D eigenvalue weighted by Crippen LogP contribution is -2.02. The van der Waals surface area contributed by atoms with Crippen molar-refractivity contribution < 1.29 is 23.4 Å². The van der Waals surface area contributed by atoms with Crippen molar-refractivity contribution in [2.75, 3.05) is 0 Å². The monoisotopic (exact) mass is 265 g/mol. The van der Waals surface area contributed by atoms with Crippen molar-refractivity contribution in [2.24, 2.45) is 0 Å². The van der Waals surface area contributed by atoms with E-state index in [9.17, 15) is 13.6 Å². The first-order valence-electron chi connectivity index (χ1n) is 5.32. The molecule has 0 saturated carbocycles. The van der Waals surface area contributed by atoms with Crippen molar-refractivity contribution in [2.45, 2.75) is 6.61 Å². The number of hydrogen-bond donors (Lipinski definition) is 1. The largest absolute Gasteiger partial charge is 0.484 e. The number of carbonyl (C=O) groups is 1. The van der Waals surface area contributed by atoms with E-state index in [2.05, 4.69) is 4.98 Å². The summed E-state index contributed by atoms with van der Waals surface area (Å²) in [7, 11) is 0. The molecule has 0 fully saturated rings. The minimum absolute atomic E-state index is 0.0392. The highest BCUT2D eigenvalue weighted by Crippen LogP contribution is 2.18. The summed E-state index contributed by atoms with van der Waals surface area (Å²) < 4.78 is 31.1. The van der Waals surface area contributed by atoms with E-state index in [1.807, 2.05) is 0 Å². The Kier molecular flexibility index (Phi) is 3.70. The zero-order valence-corrected chi connectivity index (χ0v) is 9.64. The van der Waals surface area contributed by atoms with Gasteiger partial charge in [0.25, 0.3) is 0 Å². The van der Waals surface area contributed by atoms with Crippen molar-refractivity contribution in [3.63, 3.8) is 0 Å². The summed E-state index contributed by atoms with van der Waals surface area (Å²) in [5.74, 6) is -2.66. The summed E-state index contributed by atoms with van der Waals surface area (Å²) in [5, 5.41) is 8.69. The van der Waals surface area contributed by atoms with Crippen LogP contribution < -0.4 is 4.74 Å². The fourth-order valence-corrected chi connectivity index (χ4v) is 1.38. The second-order valence-corrected chi connectivity index (χ2v) is 3.71. The van der Waals surface area contributed by atoms with Gasteiger partial charge in [-0.1, -0.05) is 0 Å². The molecule has 0 bridgehead atoms. The number of aromatic carboxylic acids is 1. The van der Waals surface area contributed by atoms with Gasteiger partial charge >= 0.3 is 5.97 Å². The summed E-state index contributed by atoms with van der Waals surface area (Å²) in [4.78, 5) is 14.5. The van der Waals surface area contributed by atoms with Crippen LogP contribution in [0.25, 0.3) is 0 Å².